The van der Waals surface area contributed by atoms with Crippen molar-refractivity contribution in [2.24, 2.45) is 17.6 Å². The van der Waals surface area contributed by atoms with E-state index in [2.05, 4.69) is 4.98 Å². The molecule has 2 unspecified atom stereocenters. The van der Waals surface area contributed by atoms with E-state index < -0.39 is 6.17 Å². The predicted molar refractivity (Wildman–Crippen MR) is 73.0 cm³/mol. The highest BCUT2D eigenvalue weighted by molar-refractivity contribution is 5.85. The Morgan fingerprint density at radius 1 is 1.28 bits per heavy atom. The SMILES string of the molecule is CC(C)C(CN)C(F)c1cccc2ccncc12. The first-order valence-electron chi connectivity index (χ1n) is 6.32. The van der Waals surface area contributed by atoms with E-state index in [9.17, 15) is 4.39 Å². The first-order valence-corrected chi connectivity index (χ1v) is 6.32. The molecule has 0 aliphatic heterocycles. The monoisotopic (exact) mass is 246 g/mol. The fraction of sp³-hybridized carbons (Fsp3) is 0.400. The maximum absolute atomic E-state index is 14.7. The maximum atomic E-state index is 14.7. The molecule has 0 amide bonds. The molecule has 2 rings (SSSR count). The van der Waals surface area contributed by atoms with Crippen molar-refractivity contribution in [3.63, 3.8) is 0 Å². The summed E-state index contributed by atoms with van der Waals surface area (Å²) in [6.45, 7) is 4.37. The lowest BCUT2D eigenvalue weighted by molar-refractivity contribution is 0.190. The summed E-state index contributed by atoms with van der Waals surface area (Å²) in [5.41, 5.74) is 6.40. The molecule has 2 nitrogen and oxygen atoms in total. The van der Waals surface area contributed by atoms with Gasteiger partial charge in [0.15, 0.2) is 0 Å². The van der Waals surface area contributed by atoms with E-state index >= 15 is 0 Å². The molecule has 0 spiro atoms. The topological polar surface area (TPSA) is 38.9 Å². The van der Waals surface area contributed by atoms with Gasteiger partial charge in [-0.1, -0.05) is 32.0 Å². The number of hydrogen-bond acceptors (Lipinski definition) is 2. The summed E-state index contributed by atoms with van der Waals surface area (Å²) in [7, 11) is 0. The lowest BCUT2D eigenvalue weighted by Crippen LogP contribution is -2.24. The highest BCUT2D eigenvalue weighted by atomic mass is 19.1. The number of halogens is 1. The first-order chi connectivity index (χ1) is 8.65. The van der Waals surface area contributed by atoms with E-state index in [-0.39, 0.29) is 11.8 Å². The van der Waals surface area contributed by atoms with Crippen LogP contribution in [0.4, 0.5) is 4.39 Å². The molecular formula is C15H19FN2. The van der Waals surface area contributed by atoms with E-state index in [0.717, 1.165) is 10.8 Å². The van der Waals surface area contributed by atoms with Gasteiger partial charge in [0.25, 0.3) is 0 Å². The third kappa shape index (κ3) is 2.36. The van der Waals surface area contributed by atoms with Crippen LogP contribution in [0.2, 0.25) is 0 Å². The number of fused-ring (bicyclic) bond motifs is 1. The van der Waals surface area contributed by atoms with Crippen molar-refractivity contribution in [1.29, 1.82) is 0 Å². The third-order valence-electron chi connectivity index (χ3n) is 3.52. The van der Waals surface area contributed by atoms with Gasteiger partial charge in [-0.2, -0.15) is 0 Å². The highest BCUT2D eigenvalue weighted by Crippen LogP contribution is 2.34. The Morgan fingerprint density at radius 2 is 2.06 bits per heavy atom. The quantitative estimate of drug-likeness (QED) is 0.897. The molecule has 18 heavy (non-hydrogen) atoms. The molecule has 0 fully saturated rings. The minimum Gasteiger partial charge on any atom is -0.330 e. The fourth-order valence-corrected chi connectivity index (χ4v) is 2.34. The van der Waals surface area contributed by atoms with Crippen LogP contribution >= 0.6 is 0 Å². The van der Waals surface area contributed by atoms with Gasteiger partial charge >= 0.3 is 0 Å². The summed E-state index contributed by atoms with van der Waals surface area (Å²) in [6, 6.07) is 7.59. The Bertz CT molecular complexity index is 519. The summed E-state index contributed by atoms with van der Waals surface area (Å²) < 4.78 is 14.7. The summed E-state index contributed by atoms with van der Waals surface area (Å²) in [6.07, 6.45) is 2.41. The molecular weight excluding hydrogens is 227 g/mol. The van der Waals surface area contributed by atoms with E-state index in [0.29, 0.717) is 12.1 Å². The average molecular weight is 246 g/mol. The molecule has 1 aromatic carbocycles. The van der Waals surface area contributed by atoms with Crippen molar-refractivity contribution >= 4 is 10.8 Å². The van der Waals surface area contributed by atoms with Crippen molar-refractivity contribution in [3.05, 3.63) is 42.2 Å². The number of nitrogens with two attached hydrogens (primary N) is 1. The van der Waals surface area contributed by atoms with Crippen molar-refractivity contribution < 1.29 is 4.39 Å². The van der Waals surface area contributed by atoms with Crippen LogP contribution in [-0.2, 0) is 0 Å². The second-order valence-corrected chi connectivity index (χ2v) is 4.99. The average Bonchev–Trinajstić information content (AvgIpc) is 2.38. The molecule has 1 aromatic heterocycles. The smallest absolute Gasteiger partial charge is 0.130 e. The van der Waals surface area contributed by atoms with Gasteiger partial charge in [-0.3, -0.25) is 4.98 Å². The normalized spacial score (nSPS) is 14.9. The minimum atomic E-state index is -1.04. The van der Waals surface area contributed by atoms with Gasteiger partial charge in [0.1, 0.15) is 6.17 Å². The largest absolute Gasteiger partial charge is 0.330 e. The highest BCUT2D eigenvalue weighted by Gasteiger charge is 2.25. The molecule has 1 heterocycles. The summed E-state index contributed by atoms with van der Waals surface area (Å²) in [5.74, 6) is 0.0627. The van der Waals surface area contributed by atoms with Crippen LogP contribution < -0.4 is 5.73 Å². The maximum Gasteiger partial charge on any atom is 0.130 e. The Morgan fingerprint density at radius 3 is 2.72 bits per heavy atom. The van der Waals surface area contributed by atoms with Crippen LogP contribution in [0.25, 0.3) is 10.8 Å². The fourth-order valence-electron chi connectivity index (χ4n) is 2.34. The van der Waals surface area contributed by atoms with Gasteiger partial charge < -0.3 is 5.73 Å². The summed E-state index contributed by atoms with van der Waals surface area (Å²) in [5, 5.41) is 1.90. The summed E-state index contributed by atoms with van der Waals surface area (Å²) >= 11 is 0. The molecule has 0 aliphatic carbocycles. The van der Waals surface area contributed by atoms with Crippen molar-refractivity contribution in [3.8, 4) is 0 Å². The molecule has 3 heteroatoms. The lowest BCUT2D eigenvalue weighted by atomic mass is 9.86. The number of aromatic nitrogens is 1. The number of alkyl halides is 1. The molecule has 2 atom stereocenters. The van der Waals surface area contributed by atoms with Crippen LogP contribution in [0, 0.1) is 11.8 Å². The Hall–Kier alpha value is -1.48. The van der Waals surface area contributed by atoms with Crippen LogP contribution in [0.15, 0.2) is 36.7 Å². The van der Waals surface area contributed by atoms with E-state index in [1.54, 1.807) is 12.4 Å². The number of hydrogen-bond donors (Lipinski definition) is 1. The Labute approximate surface area is 107 Å². The van der Waals surface area contributed by atoms with Gasteiger partial charge in [0.05, 0.1) is 0 Å². The molecule has 2 aromatic rings. The molecule has 0 saturated carbocycles. The van der Waals surface area contributed by atoms with Gasteiger partial charge in [0.2, 0.25) is 0 Å². The zero-order valence-corrected chi connectivity index (χ0v) is 10.8. The molecule has 0 bridgehead atoms. The molecule has 0 radical (unpaired) electrons. The number of pyridine rings is 1. The lowest BCUT2D eigenvalue weighted by Gasteiger charge is -2.24. The van der Waals surface area contributed by atoms with Gasteiger partial charge in [-0.05, 0) is 29.5 Å². The van der Waals surface area contributed by atoms with Crippen molar-refractivity contribution in [2.75, 3.05) is 6.54 Å². The first kappa shape index (κ1) is 13.0. The van der Waals surface area contributed by atoms with Gasteiger partial charge in [0, 0.05) is 23.7 Å². The zero-order chi connectivity index (χ0) is 13.1. The Kier molecular flexibility index (Phi) is 3.92. The second kappa shape index (κ2) is 5.44. The predicted octanol–water partition coefficient (Wildman–Crippen LogP) is 3.48. The van der Waals surface area contributed by atoms with Gasteiger partial charge in [-0.25, -0.2) is 4.39 Å². The molecule has 0 saturated heterocycles. The van der Waals surface area contributed by atoms with E-state index in [1.165, 1.54) is 0 Å². The van der Waals surface area contributed by atoms with Crippen LogP contribution in [0.1, 0.15) is 25.6 Å². The van der Waals surface area contributed by atoms with Crippen LogP contribution in [0.5, 0.6) is 0 Å². The number of rotatable bonds is 4. The van der Waals surface area contributed by atoms with Crippen molar-refractivity contribution in [1.82, 2.24) is 4.98 Å². The van der Waals surface area contributed by atoms with E-state index in [4.69, 9.17) is 5.73 Å². The van der Waals surface area contributed by atoms with Crippen molar-refractivity contribution in [2.45, 2.75) is 20.0 Å². The second-order valence-electron chi connectivity index (χ2n) is 4.99. The van der Waals surface area contributed by atoms with Crippen LogP contribution in [-0.4, -0.2) is 11.5 Å². The van der Waals surface area contributed by atoms with Gasteiger partial charge in [-0.15, -0.1) is 0 Å². The number of nitrogens with zero attached hydrogens (tertiary/aromatic N) is 1. The minimum absolute atomic E-state index is 0.157. The molecule has 96 valence electrons. The zero-order valence-electron chi connectivity index (χ0n) is 10.8. The molecule has 2 N–H and O–H groups in total. The standard InChI is InChI=1S/C15H19FN2/c1-10(2)13(8-17)15(16)12-5-3-4-11-6-7-18-9-14(11)12/h3-7,9-10,13,15H,8,17H2,1-2H3. The van der Waals surface area contributed by atoms with Crippen LogP contribution in [0.3, 0.4) is 0 Å². The van der Waals surface area contributed by atoms with E-state index in [1.807, 2.05) is 38.1 Å². The Balaban J connectivity index is 2.47. The molecule has 0 aliphatic rings. The number of benzene rings is 1. The third-order valence-corrected chi connectivity index (χ3v) is 3.52. The summed E-state index contributed by atoms with van der Waals surface area (Å²) in [4.78, 5) is 4.09.